The van der Waals surface area contributed by atoms with Gasteiger partial charge in [-0.15, -0.1) is 0 Å². The van der Waals surface area contributed by atoms with Crippen LogP contribution >= 0.6 is 0 Å². The average molecular weight is 289 g/mol. The molecular formula is C17H27N3O. The van der Waals surface area contributed by atoms with Gasteiger partial charge in [0.05, 0.1) is 0 Å². The van der Waals surface area contributed by atoms with E-state index in [0.717, 1.165) is 56.0 Å². The molecule has 0 saturated carbocycles. The summed E-state index contributed by atoms with van der Waals surface area (Å²) in [7, 11) is 0. The number of hydrogen-bond donors (Lipinski definition) is 1. The van der Waals surface area contributed by atoms with Gasteiger partial charge in [-0.3, -0.25) is 4.79 Å². The molecule has 0 aromatic carbocycles. The molecule has 21 heavy (non-hydrogen) atoms. The molecule has 0 bridgehead atoms. The van der Waals surface area contributed by atoms with Crippen molar-refractivity contribution < 1.29 is 4.79 Å². The van der Waals surface area contributed by atoms with E-state index in [9.17, 15) is 4.79 Å². The Kier molecular flexibility index (Phi) is 5.59. The van der Waals surface area contributed by atoms with Crippen LogP contribution in [-0.4, -0.2) is 35.4 Å². The van der Waals surface area contributed by atoms with Gasteiger partial charge in [-0.25, -0.2) is 4.98 Å². The van der Waals surface area contributed by atoms with Crippen molar-refractivity contribution in [1.29, 1.82) is 0 Å². The van der Waals surface area contributed by atoms with Crippen LogP contribution in [0.5, 0.6) is 0 Å². The van der Waals surface area contributed by atoms with Gasteiger partial charge in [0.25, 0.3) is 5.91 Å². The summed E-state index contributed by atoms with van der Waals surface area (Å²) in [4.78, 5) is 19.2. The van der Waals surface area contributed by atoms with Crippen LogP contribution in [0.3, 0.4) is 0 Å². The predicted octanol–water partition coefficient (Wildman–Crippen LogP) is 3.47. The maximum Gasteiger partial charge on any atom is 0.254 e. The van der Waals surface area contributed by atoms with Gasteiger partial charge >= 0.3 is 0 Å². The number of hydrogen-bond acceptors (Lipinski definition) is 3. The van der Waals surface area contributed by atoms with Crippen LogP contribution in [0.2, 0.25) is 0 Å². The number of amides is 1. The largest absolute Gasteiger partial charge is 0.370 e. The topological polar surface area (TPSA) is 45.2 Å². The van der Waals surface area contributed by atoms with Crippen molar-refractivity contribution in [3.05, 3.63) is 23.4 Å². The Morgan fingerprint density at radius 2 is 2.24 bits per heavy atom. The molecule has 0 spiro atoms. The molecule has 116 valence electrons. The van der Waals surface area contributed by atoms with Crippen molar-refractivity contribution in [3.8, 4) is 0 Å². The Balaban J connectivity index is 2.12. The number of aryl methyl sites for hydroxylation is 1. The highest BCUT2D eigenvalue weighted by Gasteiger charge is 2.23. The lowest BCUT2D eigenvalue weighted by atomic mass is 9.95. The molecule has 1 amide bonds. The van der Waals surface area contributed by atoms with Crippen LogP contribution < -0.4 is 5.32 Å². The number of carbonyl (C=O) groups is 1. The molecule has 1 fully saturated rings. The second-order valence-corrected chi connectivity index (χ2v) is 5.98. The molecule has 1 aromatic rings. The van der Waals surface area contributed by atoms with Crippen LogP contribution in [0.25, 0.3) is 0 Å². The lowest BCUT2D eigenvalue weighted by Gasteiger charge is -2.32. The van der Waals surface area contributed by atoms with E-state index in [4.69, 9.17) is 0 Å². The normalized spacial score (nSPS) is 18.6. The SMILES string of the molecule is CCCNc1cc(C(=O)N2CCCC(CC)C2)cc(C)n1. The minimum atomic E-state index is 0.151. The Bertz CT molecular complexity index is 487. The minimum Gasteiger partial charge on any atom is -0.370 e. The molecule has 0 aliphatic carbocycles. The van der Waals surface area contributed by atoms with E-state index in [1.54, 1.807) is 0 Å². The average Bonchev–Trinajstić information content (AvgIpc) is 2.51. The highest BCUT2D eigenvalue weighted by Crippen LogP contribution is 2.21. The van der Waals surface area contributed by atoms with Gasteiger partial charge in [0, 0.05) is 30.9 Å². The Morgan fingerprint density at radius 3 is 2.95 bits per heavy atom. The smallest absolute Gasteiger partial charge is 0.254 e. The van der Waals surface area contributed by atoms with Gasteiger partial charge in [0.2, 0.25) is 0 Å². The molecule has 1 N–H and O–H groups in total. The van der Waals surface area contributed by atoms with Crippen LogP contribution in [0, 0.1) is 12.8 Å². The summed E-state index contributed by atoms with van der Waals surface area (Å²) >= 11 is 0. The first-order valence-electron chi connectivity index (χ1n) is 8.15. The maximum atomic E-state index is 12.7. The first-order valence-corrected chi connectivity index (χ1v) is 8.15. The van der Waals surface area contributed by atoms with E-state index in [-0.39, 0.29) is 5.91 Å². The molecule has 2 heterocycles. The fourth-order valence-electron chi connectivity index (χ4n) is 2.90. The van der Waals surface area contributed by atoms with Crippen molar-refractivity contribution in [2.24, 2.45) is 5.92 Å². The Labute approximate surface area is 127 Å². The number of likely N-dealkylation sites (tertiary alicyclic amines) is 1. The second kappa shape index (κ2) is 7.43. The summed E-state index contributed by atoms with van der Waals surface area (Å²) in [5.74, 6) is 1.62. The van der Waals surface area contributed by atoms with Crippen molar-refractivity contribution >= 4 is 11.7 Å². The Morgan fingerprint density at radius 1 is 1.43 bits per heavy atom. The number of aromatic nitrogens is 1. The van der Waals surface area contributed by atoms with Gasteiger partial charge in [-0.2, -0.15) is 0 Å². The molecule has 1 aromatic heterocycles. The highest BCUT2D eigenvalue weighted by atomic mass is 16.2. The molecule has 1 unspecified atom stereocenters. The van der Waals surface area contributed by atoms with Gasteiger partial charge in [0.1, 0.15) is 5.82 Å². The third-order valence-electron chi connectivity index (χ3n) is 4.14. The first-order chi connectivity index (χ1) is 10.1. The van der Waals surface area contributed by atoms with E-state index >= 15 is 0 Å². The van der Waals surface area contributed by atoms with Gasteiger partial charge in [0.15, 0.2) is 0 Å². The third-order valence-corrected chi connectivity index (χ3v) is 4.14. The monoisotopic (exact) mass is 289 g/mol. The Hall–Kier alpha value is -1.58. The molecule has 4 nitrogen and oxygen atoms in total. The lowest BCUT2D eigenvalue weighted by molar-refractivity contribution is 0.0671. The zero-order chi connectivity index (χ0) is 15.2. The zero-order valence-corrected chi connectivity index (χ0v) is 13.5. The van der Waals surface area contributed by atoms with Crippen LogP contribution in [0.1, 0.15) is 55.6 Å². The van der Waals surface area contributed by atoms with E-state index in [1.807, 2.05) is 24.0 Å². The second-order valence-electron chi connectivity index (χ2n) is 5.98. The van der Waals surface area contributed by atoms with Crippen molar-refractivity contribution in [3.63, 3.8) is 0 Å². The highest BCUT2D eigenvalue weighted by molar-refractivity contribution is 5.95. The quantitative estimate of drug-likeness (QED) is 0.902. The zero-order valence-electron chi connectivity index (χ0n) is 13.5. The number of pyridine rings is 1. The summed E-state index contributed by atoms with van der Waals surface area (Å²) in [6.45, 7) is 8.93. The lowest BCUT2D eigenvalue weighted by Crippen LogP contribution is -2.39. The number of anilines is 1. The van der Waals surface area contributed by atoms with Gasteiger partial charge < -0.3 is 10.2 Å². The summed E-state index contributed by atoms with van der Waals surface area (Å²) in [6, 6.07) is 3.79. The number of nitrogens with one attached hydrogen (secondary N) is 1. The van der Waals surface area contributed by atoms with Crippen molar-refractivity contribution in [1.82, 2.24) is 9.88 Å². The van der Waals surface area contributed by atoms with E-state index in [1.165, 1.54) is 6.42 Å². The van der Waals surface area contributed by atoms with Gasteiger partial charge in [-0.05, 0) is 44.2 Å². The molecule has 1 aliphatic heterocycles. The standard InChI is InChI=1S/C17H27N3O/c1-4-8-18-16-11-15(10-13(3)19-16)17(21)20-9-6-7-14(5-2)12-20/h10-11,14H,4-9,12H2,1-3H3,(H,18,19). The number of nitrogens with zero attached hydrogens (tertiary/aromatic N) is 2. The molecular weight excluding hydrogens is 262 g/mol. The van der Waals surface area contributed by atoms with Crippen LogP contribution in [0.15, 0.2) is 12.1 Å². The summed E-state index contributed by atoms with van der Waals surface area (Å²) in [5, 5.41) is 3.27. The predicted molar refractivity (Wildman–Crippen MR) is 86.7 cm³/mol. The van der Waals surface area contributed by atoms with E-state index in [0.29, 0.717) is 5.92 Å². The summed E-state index contributed by atoms with van der Waals surface area (Å²) < 4.78 is 0. The minimum absolute atomic E-state index is 0.151. The van der Waals surface area contributed by atoms with Crippen molar-refractivity contribution in [2.75, 3.05) is 25.0 Å². The van der Waals surface area contributed by atoms with Crippen LogP contribution in [0.4, 0.5) is 5.82 Å². The molecule has 1 atom stereocenters. The fraction of sp³-hybridized carbons (Fsp3) is 0.647. The van der Waals surface area contributed by atoms with Gasteiger partial charge in [-0.1, -0.05) is 20.3 Å². The molecule has 4 heteroatoms. The summed E-state index contributed by atoms with van der Waals surface area (Å²) in [6.07, 6.45) is 4.57. The molecule has 1 saturated heterocycles. The number of carbonyl (C=O) groups excluding carboxylic acids is 1. The molecule has 1 aliphatic rings. The molecule has 2 rings (SSSR count). The van der Waals surface area contributed by atoms with E-state index in [2.05, 4.69) is 24.1 Å². The maximum absolute atomic E-state index is 12.7. The summed E-state index contributed by atoms with van der Waals surface area (Å²) in [5.41, 5.74) is 1.65. The molecule has 0 radical (unpaired) electrons. The number of rotatable bonds is 5. The first kappa shape index (κ1) is 15.8. The van der Waals surface area contributed by atoms with Crippen LogP contribution in [-0.2, 0) is 0 Å². The third kappa shape index (κ3) is 4.19. The van der Waals surface area contributed by atoms with Crippen molar-refractivity contribution in [2.45, 2.75) is 46.5 Å². The number of piperidine rings is 1. The fourth-order valence-corrected chi connectivity index (χ4v) is 2.90. The van der Waals surface area contributed by atoms with E-state index < -0.39 is 0 Å².